The Morgan fingerprint density at radius 3 is 1.89 bits per heavy atom. The average molecular weight is 274 g/mol. The Hall–Kier alpha value is -1.30. The molecule has 2 amide bonds. The molecule has 0 spiro atoms. The van der Waals surface area contributed by atoms with E-state index in [1.807, 2.05) is 0 Å². The Kier molecular flexibility index (Phi) is 8.14. The number of carboxylic acid groups (broad SMARTS) is 1. The molecule has 3 N–H and O–H groups in total. The van der Waals surface area contributed by atoms with E-state index in [-0.39, 0.29) is 12.6 Å². The van der Waals surface area contributed by atoms with Gasteiger partial charge >= 0.3 is 12.0 Å². The molecule has 0 bridgehead atoms. The number of hydrogen-bond acceptors (Lipinski definition) is 3. The van der Waals surface area contributed by atoms with E-state index in [2.05, 4.69) is 38.3 Å². The summed E-state index contributed by atoms with van der Waals surface area (Å²) in [5.74, 6) is 0.255. The molecule has 0 heterocycles. The predicted molar refractivity (Wildman–Crippen MR) is 73.0 cm³/mol. The molecule has 6 nitrogen and oxygen atoms in total. The van der Waals surface area contributed by atoms with Crippen LogP contribution in [-0.2, 0) is 9.53 Å². The molecule has 1 unspecified atom stereocenters. The highest BCUT2D eigenvalue weighted by atomic mass is 16.5. The number of nitrogens with one attached hydrogen (secondary N) is 2. The molecule has 0 aromatic rings. The zero-order valence-electron chi connectivity index (χ0n) is 12.4. The number of ether oxygens (including phenoxy) is 1. The predicted octanol–water partition coefficient (Wildman–Crippen LogP) is 1.31. The lowest BCUT2D eigenvalue weighted by molar-refractivity contribution is -0.147. The largest absolute Gasteiger partial charge is 0.479 e. The van der Waals surface area contributed by atoms with Gasteiger partial charge in [-0.1, -0.05) is 27.7 Å². The molecule has 6 heteroatoms. The van der Waals surface area contributed by atoms with Gasteiger partial charge in [0.15, 0.2) is 6.10 Å². The number of carbonyl (C=O) groups is 2. The molecule has 0 aliphatic heterocycles. The van der Waals surface area contributed by atoms with Crippen LogP contribution in [0, 0.1) is 17.8 Å². The molecule has 0 rings (SSSR count). The fourth-order valence-corrected chi connectivity index (χ4v) is 1.97. The lowest BCUT2D eigenvalue weighted by Gasteiger charge is -2.25. The topological polar surface area (TPSA) is 87.7 Å². The third-order valence-electron chi connectivity index (χ3n) is 3.22. The van der Waals surface area contributed by atoms with Crippen LogP contribution >= 0.6 is 0 Å². The highest BCUT2D eigenvalue weighted by Gasteiger charge is 2.20. The molecule has 0 aromatic carbocycles. The van der Waals surface area contributed by atoms with Gasteiger partial charge in [-0.15, -0.1) is 0 Å². The Labute approximate surface area is 114 Å². The maximum atomic E-state index is 11.6. The molecule has 0 radical (unpaired) electrons. The zero-order chi connectivity index (χ0) is 15.0. The maximum absolute atomic E-state index is 11.6. The molecule has 19 heavy (non-hydrogen) atoms. The van der Waals surface area contributed by atoms with Gasteiger partial charge in [0.1, 0.15) is 0 Å². The lowest BCUT2D eigenvalue weighted by Crippen LogP contribution is -2.45. The SMILES string of the molecule is COC(CNC(=O)NCC(C(C)C)C(C)C)C(=O)O. The van der Waals surface area contributed by atoms with E-state index in [0.29, 0.717) is 24.3 Å². The smallest absolute Gasteiger partial charge is 0.334 e. The highest BCUT2D eigenvalue weighted by molar-refractivity contribution is 5.76. The van der Waals surface area contributed by atoms with Crippen LogP contribution in [-0.4, -0.2) is 43.4 Å². The van der Waals surface area contributed by atoms with Gasteiger partial charge in [0.05, 0.1) is 6.54 Å². The Balaban J connectivity index is 4.08. The van der Waals surface area contributed by atoms with E-state index in [1.54, 1.807) is 0 Å². The van der Waals surface area contributed by atoms with Gasteiger partial charge in [0.2, 0.25) is 0 Å². The zero-order valence-corrected chi connectivity index (χ0v) is 12.4. The first-order valence-electron chi connectivity index (χ1n) is 6.56. The molecule has 0 fully saturated rings. The molecule has 0 saturated carbocycles. The van der Waals surface area contributed by atoms with Crippen LogP contribution in [0.2, 0.25) is 0 Å². The number of aliphatic carboxylic acids is 1. The minimum atomic E-state index is -1.09. The van der Waals surface area contributed by atoms with Crippen molar-refractivity contribution in [2.45, 2.75) is 33.8 Å². The highest BCUT2D eigenvalue weighted by Crippen LogP contribution is 2.19. The molecule has 0 aliphatic rings. The fraction of sp³-hybridized carbons (Fsp3) is 0.846. The maximum Gasteiger partial charge on any atom is 0.334 e. The summed E-state index contributed by atoms with van der Waals surface area (Å²) < 4.78 is 4.72. The first kappa shape index (κ1) is 17.7. The van der Waals surface area contributed by atoms with Gasteiger partial charge in [-0.05, 0) is 17.8 Å². The second-order valence-electron chi connectivity index (χ2n) is 5.31. The van der Waals surface area contributed by atoms with Crippen LogP contribution in [0.1, 0.15) is 27.7 Å². The van der Waals surface area contributed by atoms with E-state index in [9.17, 15) is 9.59 Å². The first-order valence-corrected chi connectivity index (χ1v) is 6.56. The molecule has 0 aliphatic carbocycles. The van der Waals surface area contributed by atoms with Crippen molar-refractivity contribution < 1.29 is 19.4 Å². The summed E-state index contributed by atoms with van der Waals surface area (Å²) in [6.07, 6.45) is -1.02. The number of urea groups is 1. The number of methoxy groups -OCH3 is 1. The van der Waals surface area contributed by atoms with Crippen molar-refractivity contribution in [1.29, 1.82) is 0 Å². The van der Waals surface area contributed by atoms with Crippen LogP contribution in [0.25, 0.3) is 0 Å². The van der Waals surface area contributed by atoms with Crippen molar-refractivity contribution in [3.8, 4) is 0 Å². The third kappa shape index (κ3) is 7.00. The van der Waals surface area contributed by atoms with Crippen molar-refractivity contribution in [3.05, 3.63) is 0 Å². The normalized spacial score (nSPS) is 12.8. The summed E-state index contributed by atoms with van der Waals surface area (Å²) in [6.45, 7) is 9.01. The molecular formula is C13H26N2O4. The van der Waals surface area contributed by atoms with Gasteiger partial charge in [-0.3, -0.25) is 0 Å². The standard InChI is InChI=1S/C13H26N2O4/c1-8(2)10(9(3)4)6-14-13(18)15-7-11(19-5)12(16)17/h8-11H,6-7H2,1-5H3,(H,16,17)(H2,14,15,18). The Morgan fingerprint density at radius 1 is 1.05 bits per heavy atom. The Bertz CT molecular complexity index is 284. The summed E-state index contributed by atoms with van der Waals surface area (Å²) in [5.41, 5.74) is 0. The van der Waals surface area contributed by atoms with Crippen LogP contribution in [0.15, 0.2) is 0 Å². The van der Waals surface area contributed by atoms with Crippen LogP contribution < -0.4 is 10.6 Å². The first-order chi connectivity index (χ1) is 8.79. The van der Waals surface area contributed by atoms with Gasteiger partial charge in [-0.25, -0.2) is 9.59 Å². The monoisotopic (exact) mass is 274 g/mol. The van der Waals surface area contributed by atoms with Gasteiger partial charge in [0, 0.05) is 13.7 Å². The van der Waals surface area contributed by atoms with Crippen molar-refractivity contribution in [3.63, 3.8) is 0 Å². The fourth-order valence-electron chi connectivity index (χ4n) is 1.97. The van der Waals surface area contributed by atoms with Crippen molar-refractivity contribution >= 4 is 12.0 Å². The molecule has 0 aromatic heterocycles. The van der Waals surface area contributed by atoms with E-state index >= 15 is 0 Å². The molecular weight excluding hydrogens is 248 g/mol. The minimum absolute atomic E-state index is 0.0499. The second-order valence-corrected chi connectivity index (χ2v) is 5.31. The van der Waals surface area contributed by atoms with E-state index in [4.69, 9.17) is 9.84 Å². The van der Waals surface area contributed by atoms with Crippen molar-refractivity contribution in [2.75, 3.05) is 20.2 Å². The van der Waals surface area contributed by atoms with E-state index < -0.39 is 12.1 Å². The number of carbonyl (C=O) groups excluding carboxylic acids is 1. The van der Waals surface area contributed by atoms with Crippen LogP contribution in [0.3, 0.4) is 0 Å². The summed E-state index contributed by atoms with van der Waals surface area (Å²) in [4.78, 5) is 22.3. The van der Waals surface area contributed by atoms with E-state index in [0.717, 1.165) is 0 Å². The molecule has 0 saturated heterocycles. The van der Waals surface area contributed by atoms with Crippen LogP contribution in [0.4, 0.5) is 4.79 Å². The summed E-state index contributed by atoms with van der Waals surface area (Å²) >= 11 is 0. The average Bonchev–Trinajstić information content (AvgIpc) is 2.28. The summed E-state index contributed by atoms with van der Waals surface area (Å²) in [6, 6.07) is -0.366. The van der Waals surface area contributed by atoms with Gasteiger partial charge in [0.25, 0.3) is 0 Å². The number of amides is 2. The van der Waals surface area contributed by atoms with Crippen molar-refractivity contribution in [1.82, 2.24) is 10.6 Å². The van der Waals surface area contributed by atoms with Crippen LogP contribution in [0.5, 0.6) is 0 Å². The third-order valence-corrected chi connectivity index (χ3v) is 3.22. The number of carboxylic acids is 1. The lowest BCUT2D eigenvalue weighted by atomic mass is 9.85. The molecule has 1 atom stereocenters. The van der Waals surface area contributed by atoms with Gasteiger partial charge in [-0.2, -0.15) is 0 Å². The quantitative estimate of drug-likeness (QED) is 0.623. The number of hydrogen-bond donors (Lipinski definition) is 3. The number of rotatable bonds is 8. The summed E-state index contributed by atoms with van der Waals surface area (Å²) in [7, 11) is 1.30. The minimum Gasteiger partial charge on any atom is -0.479 e. The van der Waals surface area contributed by atoms with Crippen molar-refractivity contribution in [2.24, 2.45) is 17.8 Å². The summed E-state index contributed by atoms with van der Waals surface area (Å²) in [5, 5.41) is 14.0. The Morgan fingerprint density at radius 2 is 1.53 bits per heavy atom. The molecule has 112 valence electrons. The second kappa shape index (κ2) is 8.74. The van der Waals surface area contributed by atoms with Gasteiger partial charge < -0.3 is 20.5 Å². The van der Waals surface area contributed by atoms with E-state index in [1.165, 1.54) is 7.11 Å².